The summed E-state index contributed by atoms with van der Waals surface area (Å²) in [4.78, 5) is 27.0. The monoisotopic (exact) mass is 352 g/mol. The van der Waals surface area contributed by atoms with E-state index in [9.17, 15) is 9.59 Å². The summed E-state index contributed by atoms with van der Waals surface area (Å²) in [5, 5.41) is 2.82. The van der Waals surface area contributed by atoms with Gasteiger partial charge in [-0.1, -0.05) is 59.7 Å². The molecule has 2 aromatic rings. The van der Waals surface area contributed by atoms with E-state index < -0.39 is 6.04 Å². The third-order valence-electron chi connectivity index (χ3n) is 4.39. The zero-order chi connectivity index (χ0) is 19.1. The molecular formula is C22H28N2O2. The lowest BCUT2D eigenvalue weighted by atomic mass is 10.1. The van der Waals surface area contributed by atoms with Crippen molar-refractivity contribution in [2.75, 3.05) is 6.54 Å². The number of rotatable bonds is 7. The summed E-state index contributed by atoms with van der Waals surface area (Å²) in [6.45, 7) is 8.67. The van der Waals surface area contributed by atoms with Crippen LogP contribution in [0.1, 0.15) is 36.1 Å². The number of hydrogen-bond acceptors (Lipinski definition) is 2. The van der Waals surface area contributed by atoms with Gasteiger partial charge in [-0.25, -0.2) is 0 Å². The maximum absolute atomic E-state index is 13.0. The van der Waals surface area contributed by atoms with E-state index >= 15 is 0 Å². The first-order valence-corrected chi connectivity index (χ1v) is 9.09. The lowest BCUT2D eigenvalue weighted by Gasteiger charge is -2.29. The standard InChI is InChI=1S/C22H28N2O2/c1-5-23-22(26)18(4)24(15-20-11-7-9-17(3)13-20)21(25)14-19-10-6-8-16(2)12-19/h6-13,18H,5,14-15H2,1-4H3,(H,23,26). The van der Waals surface area contributed by atoms with Crippen LogP contribution in [0.3, 0.4) is 0 Å². The molecule has 26 heavy (non-hydrogen) atoms. The van der Waals surface area contributed by atoms with Crippen LogP contribution in [0.5, 0.6) is 0 Å². The fourth-order valence-corrected chi connectivity index (χ4v) is 3.01. The SMILES string of the molecule is CCNC(=O)C(C)N(Cc1cccc(C)c1)C(=O)Cc1cccc(C)c1. The van der Waals surface area contributed by atoms with Crippen molar-refractivity contribution in [3.8, 4) is 0 Å². The Morgan fingerprint density at radius 2 is 1.58 bits per heavy atom. The maximum atomic E-state index is 13.0. The van der Waals surface area contributed by atoms with Gasteiger partial charge >= 0.3 is 0 Å². The zero-order valence-corrected chi connectivity index (χ0v) is 16.1. The topological polar surface area (TPSA) is 49.4 Å². The van der Waals surface area contributed by atoms with Crippen LogP contribution in [-0.2, 0) is 22.6 Å². The van der Waals surface area contributed by atoms with Crippen LogP contribution >= 0.6 is 0 Å². The highest BCUT2D eigenvalue weighted by molar-refractivity contribution is 5.88. The minimum absolute atomic E-state index is 0.0455. The molecule has 0 fully saturated rings. The number of nitrogens with one attached hydrogen (secondary N) is 1. The molecule has 1 unspecified atom stereocenters. The summed E-state index contributed by atoms with van der Waals surface area (Å²) in [6.07, 6.45) is 0.289. The molecule has 138 valence electrons. The average molecular weight is 352 g/mol. The van der Waals surface area contributed by atoms with Crippen LogP contribution in [0.25, 0.3) is 0 Å². The van der Waals surface area contributed by atoms with E-state index in [1.165, 1.54) is 0 Å². The Kier molecular flexibility index (Phi) is 6.96. The van der Waals surface area contributed by atoms with E-state index in [1.807, 2.05) is 63.2 Å². The lowest BCUT2D eigenvalue weighted by Crippen LogP contribution is -2.48. The largest absolute Gasteiger partial charge is 0.355 e. The second kappa shape index (κ2) is 9.18. The minimum atomic E-state index is -0.521. The number of amides is 2. The van der Waals surface area contributed by atoms with Gasteiger partial charge in [0.1, 0.15) is 6.04 Å². The van der Waals surface area contributed by atoms with Crippen molar-refractivity contribution >= 4 is 11.8 Å². The van der Waals surface area contributed by atoms with Gasteiger partial charge in [0.25, 0.3) is 0 Å². The van der Waals surface area contributed by atoms with Crippen LogP contribution in [0, 0.1) is 13.8 Å². The maximum Gasteiger partial charge on any atom is 0.242 e. The van der Waals surface area contributed by atoms with Gasteiger partial charge in [-0.15, -0.1) is 0 Å². The molecule has 0 bridgehead atoms. The third kappa shape index (κ3) is 5.45. The van der Waals surface area contributed by atoms with E-state index in [1.54, 1.807) is 11.8 Å². The minimum Gasteiger partial charge on any atom is -0.355 e. The molecule has 0 radical (unpaired) electrons. The molecule has 0 aliphatic rings. The van der Waals surface area contributed by atoms with Crippen LogP contribution in [-0.4, -0.2) is 29.3 Å². The van der Waals surface area contributed by atoms with Crippen molar-refractivity contribution in [1.29, 1.82) is 0 Å². The molecule has 2 aromatic carbocycles. The molecule has 0 spiro atoms. The second-order valence-corrected chi connectivity index (χ2v) is 6.75. The van der Waals surface area contributed by atoms with Gasteiger partial charge in [0.2, 0.25) is 11.8 Å². The molecule has 1 N–H and O–H groups in total. The molecule has 0 saturated heterocycles. The summed E-state index contributed by atoms with van der Waals surface area (Å²) < 4.78 is 0. The number of likely N-dealkylation sites (N-methyl/N-ethyl adjacent to an activating group) is 1. The van der Waals surface area contributed by atoms with Crippen molar-refractivity contribution < 1.29 is 9.59 Å². The molecular weight excluding hydrogens is 324 g/mol. The first-order valence-electron chi connectivity index (χ1n) is 9.09. The normalized spacial score (nSPS) is 11.7. The van der Waals surface area contributed by atoms with Gasteiger partial charge in [-0.05, 0) is 38.8 Å². The van der Waals surface area contributed by atoms with Crippen LogP contribution in [0.15, 0.2) is 48.5 Å². The molecule has 4 heteroatoms. The number of carbonyl (C=O) groups is 2. The first-order chi connectivity index (χ1) is 12.4. The summed E-state index contributed by atoms with van der Waals surface area (Å²) in [5.74, 6) is -0.173. The van der Waals surface area contributed by atoms with Crippen molar-refractivity contribution in [2.45, 2.75) is 46.7 Å². The van der Waals surface area contributed by atoms with Gasteiger partial charge in [-0.3, -0.25) is 9.59 Å². The quantitative estimate of drug-likeness (QED) is 0.830. The van der Waals surface area contributed by atoms with Gasteiger partial charge < -0.3 is 10.2 Å². The molecule has 1 atom stereocenters. The number of nitrogens with zero attached hydrogens (tertiary/aromatic N) is 1. The van der Waals surface area contributed by atoms with Crippen LogP contribution < -0.4 is 5.32 Å². The number of hydrogen-bond donors (Lipinski definition) is 1. The number of aryl methyl sites for hydroxylation is 2. The fourth-order valence-electron chi connectivity index (χ4n) is 3.01. The Morgan fingerprint density at radius 3 is 2.15 bits per heavy atom. The van der Waals surface area contributed by atoms with E-state index in [-0.39, 0.29) is 18.2 Å². The third-order valence-corrected chi connectivity index (χ3v) is 4.39. The fraction of sp³-hybridized carbons (Fsp3) is 0.364. The van der Waals surface area contributed by atoms with Crippen LogP contribution in [0.4, 0.5) is 0 Å². The molecule has 0 heterocycles. The predicted molar refractivity (Wildman–Crippen MR) is 105 cm³/mol. The lowest BCUT2D eigenvalue weighted by molar-refractivity contribution is -0.140. The van der Waals surface area contributed by atoms with E-state index in [0.29, 0.717) is 13.1 Å². The van der Waals surface area contributed by atoms with Gasteiger partial charge in [0.15, 0.2) is 0 Å². The Hall–Kier alpha value is -2.62. The van der Waals surface area contributed by atoms with Crippen molar-refractivity contribution in [1.82, 2.24) is 10.2 Å². The number of carbonyl (C=O) groups excluding carboxylic acids is 2. The summed E-state index contributed by atoms with van der Waals surface area (Å²) >= 11 is 0. The predicted octanol–water partition coefficient (Wildman–Crippen LogP) is 3.40. The molecule has 0 aliphatic heterocycles. The number of benzene rings is 2. The molecule has 0 aliphatic carbocycles. The van der Waals surface area contributed by atoms with Crippen molar-refractivity contribution in [2.24, 2.45) is 0 Å². The van der Waals surface area contributed by atoms with Crippen molar-refractivity contribution in [3.05, 3.63) is 70.8 Å². The second-order valence-electron chi connectivity index (χ2n) is 6.75. The zero-order valence-electron chi connectivity index (χ0n) is 16.1. The highest BCUT2D eigenvalue weighted by Gasteiger charge is 2.25. The Morgan fingerprint density at radius 1 is 1.00 bits per heavy atom. The van der Waals surface area contributed by atoms with Gasteiger partial charge in [-0.2, -0.15) is 0 Å². The summed E-state index contributed by atoms with van der Waals surface area (Å²) in [7, 11) is 0. The van der Waals surface area contributed by atoms with Gasteiger partial charge in [0.05, 0.1) is 6.42 Å². The highest BCUT2D eigenvalue weighted by Crippen LogP contribution is 2.14. The smallest absolute Gasteiger partial charge is 0.242 e. The molecule has 2 amide bonds. The average Bonchev–Trinajstić information content (AvgIpc) is 2.59. The molecule has 0 saturated carbocycles. The van der Waals surface area contributed by atoms with Gasteiger partial charge in [0, 0.05) is 13.1 Å². The van der Waals surface area contributed by atoms with E-state index in [0.717, 1.165) is 22.3 Å². The van der Waals surface area contributed by atoms with Crippen LogP contribution in [0.2, 0.25) is 0 Å². The first kappa shape index (κ1) is 19.7. The molecule has 0 aromatic heterocycles. The molecule has 2 rings (SSSR count). The van der Waals surface area contributed by atoms with Crippen molar-refractivity contribution in [3.63, 3.8) is 0 Å². The summed E-state index contributed by atoms with van der Waals surface area (Å²) in [6, 6.07) is 15.5. The Bertz CT molecular complexity index is 770. The highest BCUT2D eigenvalue weighted by atomic mass is 16.2. The van der Waals surface area contributed by atoms with E-state index in [4.69, 9.17) is 0 Å². The Balaban J connectivity index is 2.23. The van der Waals surface area contributed by atoms with E-state index in [2.05, 4.69) is 11.4 Å². The Labute approximate surface area is 156 Å². The summed E-state index contributed by atoms with van der Waals surface area (Å²) in [5.41, 5.74) is 4.25. The molecule has 4 nitrogen and oxygen atoms in total.